The summed E-state index contributed by atoms with van der Waals surface area (Å²) in [6.45, 7) is 1.18. The number of aliphatic hydroxyl groups is 1. The highest BCUT2D eigenvalue weighted by atomic mass is 32.2. The van der Waals surface area contributed by atoms with Gasteiger partial charge in [-0.1, -0.05) is 5.16 Å². The Hall–Kier alpha value is -2.82. The number of amides is 2. The molecule has 4 N–H and O–H groups in total. The SMILES string of the molecule is Nc1nc(/C(=N/OCF)C(=O)N[C@@H]2C(=O)N3C(C(=O)[O-])=C(C[N+]45CCC(O)(CC4)C5)CS[C@@H]23)ns1. The Morgan fingerprint density at radius 3 is 2.74 bits per heavy atom. The minimum atomic E-state index is -1.46. The van der Waals surface area contributed by atoms with Gasteiger partial charge in [0.2, 0.25) is 11.5 Å². The number of halogens is 1. The van der Waals surface area contributed by atoms with Crippen molar-refractivity contribution in [3.05, 3.63) is 17.1 Å². The Morgan fingerprint density at radius 1 is 1.43 bits per heavy atom. The maximum Gasteiger partial charge on any atom is 0.278 e. The van der Waals surface area contributed by atoms with Gasteiger partial charge in [-0.25, -0.2) is 4.39 Å². The second kappa shape index (κ2) is 8.69. The Balaban J connectivity index is 1.33. The summed E-state index contributed by atoms with van der Waals surface area (Å²) < 4.78 is 16.9. The van der Waals surface area contributed by atoms with Crippen molar-refractivity contribution in [2.75, 3.05) is 44.5 Å². The summed E-state index contributed by atoms with van der Waals surface area (Å²) in [5, 5.41) is 27.9. The monoisotopic (exact) mass is 527 g/mol. The number of nitrogens with one attached hydrogen (secondary N) is 1. The van der Waals surface area contributed by atoms with Crippen LogP contribution >= 0.6 is 23.3 Å². The molecule has 0 spiro atoms. The number of hydrogen-bond acceptors (Lipinski definition) is 12. The molecule has 13 nitrogen and oxygen atoms in total. The number of hydrogen-bond donors (Lipinski definition) is 3. The molecule has 5 rings (SSSR count). The number of carbonyl (C=O) groups is 3. The minimum Gasteiger partial charge on any atom is -0.543 e. The molecule has 5 heterocycles. The van der Waals surface area contributed by atoms with Crippen LogP contribution in [-0.4, -0.2) is 103 Å². The van der Waals surface area contributed by atoms with Crippen molar-refractivity contribution in [2.24, 2.45) is 5.16 Å². The van der Waals surface area contributed by atoms with E-state index in [4.69, 9.17) is 5.73 Å². The third-order valence-electron chi connectivity index (χ3n) is 6.86. The smallest absolute Gasteiger partial charge is 0.278 e. The number of nitrogen functional groups attached to an aromatic ring is 1. The van der Waals surface area contributed by atoms with Gasteiger partial charge in [-0.3, -0.25) is 14.5 Å². The number of oxime groups is 1. The zero-order chi connectivity index (χ0) is 25.0. The number of nitrogens with zero attached hydrogens (tertiary/aromatic N) is 5. The maximum absolute atomic E-state index is 13.0. The maximum atomic E-state index is 13.0. The van der Waals surface area contributed by atoms with Crippen LogP contribution in [0.2, 0.25) is 0 Å². The zero-order valence-corrected chi connectivity index (χ0v) is 19.9. The van der Waals surface area contributed by atoms with Crippen molar-refractivity contribution in [3.63, 3.8) is 0 Å². The topological polar surface area (TPSA) is 183 Å². The van der Waals surface area contributed by atoms with Crippen molar-refractivity contribution < 1.29 is 38.3 Å². The summed E-state index contributed by atoms with van der Waals surface area (Å²) in [6.07, 6.45) is 1.34. The molecule has 2 atom stereocenters. The third kappa shape index (κ3) is 4.13. The molecule has 4 aliphatic rings. The highest BCUT2D eigenvalue weighted by Crippen LogP contribution is 2.44. The van der Waals surface area contributed by atoms with E-state index in [1.54, 1.807) is 0 Å². The van der Waals surface area contributed by atoms with Crippen LogP contribution in [0, 0.1) is 0 Å². The van der Waals surface area contributed by atoms with E-state index < -0.39 is 47.4 Å². The van der Waals surface area contributed by atoms with Gasteiger partial charge in [0.05, 0.1) is 24.8 Å². The summed E-state index contributed by atoms with van der Waals surface area (Å²) in [5.74, 6) is -2.84. The van der Waals surface area contributed by atoms with Gasteiger partial charge in [0.1, 0.15) is 30.1 Å². The number of nitrogens with two attached hydrogens (primary N) is 1. The fourth-order valence-electron chi connectivity index (χ4n) is 5.29. The molecular weight excluding hydrogens is 505 g/mol. The van der Waals surface area contributed by atoms with E-state index in [0.717, 1.165) is 29.5 Å². The van der Waals surface area contributed by atoms with Crippen molar-refractivity contribution >= 4 is 51.9 Å². The first-order valence-electron chi connectivity index (χ1n) is 10.8. The molecule has 0 aromatic carbocycles. The summed E-state index contributed by atoms with van der Waals surface area (Å²) in [4.78, 5) is 47.1. The van der Waals surface area contributed by atoms with Crippen LogP contribution in [0.5, 0.6) is 0 Å². The molecule has 3 fully saturated rings. The number of aromatic nitrogens is 2. The molecule has 0 unspecified atom stereocenters. The fourth-order valence-corrected chi connectivity index (χ4v) is 7.06. The predicted molar refractivity (Wildman–Crippen MR) is 119 cm³/mol. The van der Waals surface area contributed by atoms with E-state index in [1.807, 2.05) is 0 Å². The predicted octanol–water partition coefficient (Wildman–Crippen LogP) is -2.47. The van der Waals surface area contributed by atoms with E-state index in [1.165, 1.54) is 11.8 Å². The minimum absolute atomic E-state index is 0.0478. The van der Waals surface area contributed by atoms with Gasteiger partial charge in [-0.05, 0) is 0 Å². The van der Waals surface area contributed by atoms with Crippen molar-refractivity contribution in [1.29, 1.82) is 0 Å². The molecule has 35 heavy (non-hydrogen) atoms. The van der Waals surface area contributed by atoms with E-state index in [0.29, 0.717) is 41.7 Å². The Morgan fingerprint density at radius 2 is 2.17 bits per heavy atom. The number of carboxylic acids is 1. The standard InChI is InChI=1S/C19H22FN7O6S2/c20-8-33-24-10(13-23-18(21)35-25-13)14(28)22-11-15(29)26-12(17(30)31)9(6-34-16(11)26)5-27-3-1-19(32,7-27)2-4-27/h11,16,32H,1-8H2,(H3-,21,22,23,25,28,30,31)/b24-10-/t11-,16+,19?,27?/m1/s1. The number of fused-ring (bicyclic) bond motifs is 3. The van der Waals surface area contributed by atoms with Crippen molar-refractivity contribution in [1.82, 2.24) is 19.6 Å². The van der Waals surface area contributed by atoms with Crippen LogP contribution in [0.4, 0.5) is 9.52 Å². The van der Waals surface area contributed by atoms with Crippen LogP contribution < -0.4 is 16.2 Å². The lowest BCUT2D eigenvalue weighted by molar-refractivity contribution is -0.904. The number of piperidine rings is 1. The van der Waals surface area contributed by atoms with E-state index in [2.05, 4.69) is 24.7 Å². The van der Waals surface area contributed by atoms with Gasteiger partial charge >= 0.3 is 0 Å². The molecule has 0 saturated carbocycles. The first-order valence-corrected chi connectivity index (χ1v) is 12.6. The zero-order valence-electron chi connectivity index (χ0n) is 18.3. The van der Waals surface area contributed by atoms with Gasteiger partial charge in [-0.15, -0.1) is 11.8 Å². The molecule has 1 aromatic rings. The molecule has 16 heteroatoms. The molecule has 2 amide bonds. The first-order chi connectivity index (χ1) is 16.7. The average Bonchev–Trinajstić information content (AvgIpc) is 3.49. The van der Waals surface area contributed by atoms with Crippen LogP contribution in [0.25, 0.3) is 0 Å². The van der Waals surface area contributed by atoms with E-state index in [9.17, 15) is 29.0 Å². The number of quaternary nitrogens is 1. The number of alkyl halides is 1. The Bertz CT molecular complexity index is 1150. The highest BCUT2D eigenvalue weighted by molar-refractivity contribution is 8.00. The van der Waals surface area contributed by atoms with E-state index in [-0.39, 0.29) is 16.7 Å². The average molecular weight is 528 g/mol. The lowest BCUT2D eigenvalue weighted by atomic mass is 10.00. The lowest BCUT2D eigenvalue weighted by Gasteiger charge is -2.51. The molecule has 1 aromatic heterocycles. The molecule has 2 bridgehead atoms. The number of rotatable bonds is 8. The summed E-state index contributed by atoms with van der Waals surface area (Å²) in [6, 6.07) is -1.05. The van der Waals surface area contributed by atoms with Crippen LogP contribution in [0.1, 0.15) is 18.7 Å². The number of carboxylic acid groups (broad SMARTS) is 1. The van der Waals surface area contributed by atoms with Gasteiger partial charge in [0.15, 0.2) is 5.13 Å². The summed E-state index contributed by atoms with van der Waals surface area (Å²) >= 11 is 2.11. The largest absolute Gasteiger partial charge is 0.543 e. The van der Waals surface area contributed by atoms with E-state index >= 15 is 0 Å². The normalized spacial score (nSPS) is 31.9. The second-order valence-corrected chi connectivity index (χ2v) is 11.0. The molecule has 0 radical (unpaired) electrons. The Kier molecular flexibility index (Phi) is 5.93. The molecule has 3 saturated heterocycles. The quantitative estimate of drug-likeness (QED) is 0.142. The van der Waals surface area contributed by atoms with Crippen molar-refractivity contribution in [2.45, 2.75) is 29.9 Å². The number of aliphatic carboxylic acids is 1. The molecule has 0 aliphatic carbocycles. The lowest BCUT2D eigenvalue weighted by Crippen LogP contribution is -2.71. The van der Waals surface area contributed by atoms with Gasteiger partial charge in [0.25, 0.3) is 18.7 Å². The number of anilines is 1. The highest BCUT2D eigenvalue weighted by Gasteiger charge is 2.57. The second-order valence-electron chi connectivity index (χ2n) is 9.06. The number of β-lactam (4-membered cyclic amide) rings is 1. The van der Waals surface area contributed by atoms with Gasteiger partial charge < -0.3 is 35.4 Å². The molecule has 4 aliphatic heterocycles. The van der Waals surface area contributed by atoms with Crippen molar-refractivity contribution in [3.8, 4) is 0 Å². The van der Waals surface area contributed by atoms with Crippen LogP contribution in [0.15, 0.2) is 16.4 Å². The molecular formula is C19H22FN7O6S2. The van der Waals surface area contributed by atoms with Crippen LogP contribution in [-0.2, 0) is 19.2 Å². The Labute approximate surface area is 206 Å². The van der Waals surface area contributed by atoms with Gasteiger partial charge in [0, 0.05) is 35.7 Å². The fraction of sp³-hybridized carbons (Fsp3) is 0.579. The summed E-state index contributed by atoms with van der Waals surface area (Å²) in [5.41, 5.74) is 4.77. The molecule has 188 valence electrons. The third-order valence-corrected chi connectivity index (χ3v) is 8.74. The van der Waals surface area contributed by atoms with Crippen LogP contribution in [0.3, 0.4) is 0 Å². The van der Waals surface area contributed by atoms with Gasteiger partial charge in [-0.2, -0.15) is 9.36 Å². The summed E-state index contributed by atoms with van der Waals surface area (Å²) in [7, 11) is 0. The number of carbonyl (C=O) groups excluding carboxylic acids is 3. The number of thioether (sulfide) groups is 1. The first kappa shape index (κ1) is 23.9.